The second-order valence-corrected chi connectivity index (χ2v) is 4.26. The molecule has 0 atom stereocenters. The predicted molar refractivity (Wildman–Crippen MR) is 76.9 cm³/mol. The molecule has 7 nitrogen and oxygen atoms in total. The van der Waals surface area contributed by atoms with Gasteiger partial charge in [0.1, 0.15) is 11.7 Å². The number of hydrogen-bond donors (Lipinski definition) is 3. The molecule has 0 saturated heterocycles. The zero-order valence-electron chi connectivity index (χ0n) is 11.8. The predicted octanol–water partition coefficient (Wildman–Crippen LogP) is 1.44. The van der Waals surface area contributed by atoms with E-state index in [1.54, 1.807) is 0 Å². The molecule has 0 fully saturated rings. The van der Waals surface area contributed by atoms with Crippen molar-refractivity contribution >= 4 is 17.6 Å². The Bertz CT molecular complexity index is 479. The average Bonchev–Trinajstić information content (AvgIpc) is 2.49. The summed E-state index contributed by atoms with van der Waals surface area (Å²) in [6.07, 6.45) is 0.233. The summed E-state index contributed by atoms with van der Waals surface area (Å²) in [5.74, 6) is -0.344. The number of nitrogens with one attached hydrogen (secondary N) is 1. The number of benzene rings is 1. The van der Waals surface area contributed by atoms with Crippen molar-refractivity contribution in [1.82, 2.24) is 4.90 Å². The molecule has 0 aliphatic carbocycles. The summed E-state index contributed by atoms with van der Waals surface area (Å²) in [7, 11) is 1.53. The molecule has 4 N–H and O–H groups in total. The van der Waals surface area contributed by atoms with Gasteiger partial charge >= 0.3 is 6.03 Å². The maximum atomic E-state index is 12.8. The van der Waals surface area contributed by atoms with Crippen LogP contribution in [0.5, 0.6) is 0 Å². The zero-order valence-corrected chi connectivity index (χ0v) is 11.8. The fourth-order valence-corrected chi connectivity index (χ4v) is 1.55. The number of amidine groups is 1. The first-order chi connectivity index (χ1) is 10.1. The van der Waals surface area contributed by atoms with Crippen LogP contribution >= 0.6 is 0 Å². The third kappa shape index (κ3) is 6.09. The number of methoxy groups -OCH3 is 1. The topological polar surface area (TPSA) is 100 Å². The Hall–Kier alpha value is -2.35. The molecule has 1 aromatic carbocycles. The molecule has 8 heteroatoms. The Morgan fingerprint density at radius 3 is 2.67 bits per heavy atom. The van der Waals surface area contributed by atoms with Crippen LogP contribution in [0.2, 0.25) is 0 Å². The summed E-state index contributed by atoms with van der Waals surface area (Å²) in [5.41, 5.74) is 5.87. The quantitative estimate of drug-likeness (QED) is 0.307. The lowest BCUT2D eigenvalue weighted by atomic mass is 10.3. The van der Waals surface area contributed by atoms with Crippen molar-refractivity contribution in [3.05, 3.63) is 30.1 Å². The molecule has 0 spiro atoms. The van der Waals surface area contributed by atoms with Crippen molar-refractivity contribution in [2.24, 2.45) is 10.9 Å². The van der Waals surface area contributed by atoms with Gasteiger partial charge in [-0.05, 0) is 24.3 Å². The van der Waals surface area contributed by atoms with Crippen LogP contribution in [0.3, 0.4) is 0 Å². The SMILES string of the molecule is COCCN(CCC(N)=NO)C(=O)Nc1ccc(F)cc1. The van der Waals surface area contributed by atoms with Crippen LogP contribution < -0.4 is 11.1 Å². The van der Waals surface area contributed by atoms with Crippen molar-refractivity contribution in [2.75, 3.05) is 32.1 Å². The molecular weight excluding hydrogens is 279 g/mol. The number of rotatable bonds is 7. The van der Waals surface area contributed by atoms with E-state index in [0.717, 1.165) is 0 Å². The molecule has 0 aromatic heterocycles. The number of nitrogens with zero attached hydrogens (tertiary/aromatic N) is 2. The minimum absolute atomic E-state index is 0.0343. The normalized spacial score (nSPS) is 11.2. The molecule has 1 rings (SSSR count). The van der Waals surface area contributed by atoms with Gasteiger partial charge < -0.3 is 25.9 Å². The summed E-state index contributed by atoms with van der Waals surface area (Å²) in [6, 6.07) is 5.07. The van der Waals surface area contributed by atoms with E-state index in [-0.39, 0.29) is 30.6 Å². The van der Waals surface area contributed by atoms with Gasteiger partial charge in [-0.1, -0.05) is 5.16 Å². The van der Waals surface area contributed by atoms with E-state index in [0.29, 0.717) is 18.8 Å². The maximum Gasteiger partial charge on any atom is 0.321 e. The third-order valence-electron chi connectivity index (χ3n) is 2.71. The number of oxime groups is 1. The first-order valence-corrected chi connectivity index (χ1v) is 6.33. The maximum absolute atomic E-state index is 12.8. The van der Waals surface area contributed by atoms with Crippen LogP contribution in [0.1, 0.15) is 6.42 Å². The van der Waals surface area contributed by atoms with Crippen LogP contribution in [0.15, 0.2) is 29.4 Å². The number of amides is 2. The second kappa shape index (κ2) is 8.75. The van der Waals surface area contributed by atoms with Gasteiger partial charge in [-0.15, -0.1) is 0 Å². The van der Waals surface area contributed by atoms with E-state index in [2.05, 4.69) is 10.5 Å². The number of nitrogens with two attached hydrogens (primary N) is 1. The van der Waals surface area contributed by atoms with E-state index in [4.69, 9.17) is 15.7 Å². The Labute approximate surface area is 122 Å². The molecule has 0 heterocycles. The lowest BCUT2D eigenvalue weighted by molar-refractivity contribution is 0.156. The number of halogens is 1. The highest BCUT2D eigenvalue weighted by Crippen LogP contribution is 2.09. The van der Waals surface area contributed by atoms with Crippen molar-refractivity contribution in [2.45, 2.75) is 6.42 Å². The Morgan fingerprint density at radius 2 is 2.10 bits per heavy atom. The van der Waals surface area contributed by atoms with Crippen molar-refractivity contribution in [3.63, 3.8) is 0 Å². The summed E-state index contributed by atoms with van der Waals surface area (Å²) >= 11 is 0. The van der Waals surface area contributed by atoms with Gasteiger partial charge in [-0.3, -0.25) is 0 Å². The van der Waals surface area contributed by atoms with Crippen molar-refractivity contribution in [1.29, 1.82) is 0 Å². The molecule has 0 unspecified atom stereocenters. The van der Waals surface area contributed by atoms with Gasteiger partial charge in [0.2, 0.25) is 0 Å². The van der Waals surface area contributed by atoms with E-state index in [9.17, 15) is 9.18 Å². The molecular formula is C13H19FN4O3. The van der Waals surface area contributed by atoms with E-state index in [1.165, 1.54) is 36.3 Å². The van der Waals surface area contributed by atoms with Gasteiger partial charge in [0.15, 0.2) is 0 Å². The lowest BCUT2D eigenvalue weighted by Crippen LogP contribution is -2.39. The third-order valence-corrected chi connectivity index (χ3v) is 2.71. The standard InChI is InChI=1S/C13H19FN4O3/c1-21-9-8-18(7-6-12(15)17-20)13(19)16-11-4-2-10(14)3-5-11/h2-5,20H,6-9H2,1H3,(H2,15,17)(H,16,19). The highest BCUT2D eigenvalue weighted by atomic mass is 19.1. The van der Waals surface area contributed by atoms with Crippen LogP contribution in [0.25, 0.3) is 0 Å². The van der Waals surface area contributed by atoms with Crippen LogP contribution in [0.4, 0.5) is 14.9 Å². The minimum Gasteiger partial charge on any atom is -0.409 e. The molecule has 21 heavy (non-hydrogen) atoms. The number of ether oxygens (including phenoxy) is 1. The molecule has 116 valence electrons. The number of carbonyl (C=O) groups is 1. The molecule has 2 amide bonds. The van der Waals surface area contributed by atoms with Crippen molar-refractivity contribution in [3.8, 4) is 0 Å². The van der Waals surface area contributed by atoms with E-state index < -0.39 is 0 Å². The number of urea groups is 1. The largest absolute Gasteiger partial charge is 0.409 e. The molecule has 0 saturated carbocycles. The highest BCUT2D eigenvalue weighted by Gasteiger charge is 2.14. The summed E-state index contributed by atoms with van der Waals surface area (Å²) in [4.78, 5) is 13.6. The molecule has 1 aromatic rings. The fraction of sp³-hybridized carbons (Fsp3) is 0.385. The minimum atomic E-state index is -0.379. The van der Waals surface area contributed by atoms with Crippen molar-refractivity contribution < 1.29 is 19.1 Å². The first kappa shape index (κ1) is 16.7. The summed E-state index contributed by atoms with van der Waals surface area (Å²) in [5, 5.41) is 14.0. The highest BCUT2D eigenvalue weighted by molar-refractivity contribution is 5.89. The smallest absolute Gasteiger partial charge is 0.321 e. The summed E-state index contributed by atoms with van der Waals surface area (Å²) in [6.45, 7) is 0.974. The van der Waals surface area contributed by atoms with Gasteiger partial charge in [-0.2, -0.15) is 0 Å². The van der Waals surface area contributed by atoms with E-state index >= 15 is 0 Å². The number of anilines is 1. The first-order valence-electron chi connectivity index (χ1n) is 6.33. The molecule has 0 aliphatic heterocycles. The Kier molecular flexibility index (Phi) is 6.96. The van der Waals surface area contributed by atoms with Gasteiger partial charge in [0.25, 0.3) is 0 Å². The average molecular weight is 298 g/mol. The number of carbonyl (C=O) groups excluding carboxylic acids is 1. The fourth-order valence-electron chi connectivity index (χ4n) is 1.55. The Balaban J connectivity index is 2.63. The van der Waals surface area contributed by atoms with Crippen LogP contribution in [0, 0.1) is 5.82 Å². The van der Waals surface area contributed by atoms with Gasteiger partial charge in [0, 0.05) is 32.3 Å². The monoisotopic (exact) mass is 298 g/mol. The summed E-state index contributed by atoms with van der Waals surface area (Å²) < 4.78 is 17.7. The lowest BCUT2D eigenvalue weighted by Gasteiger charge is -2.22. The molecule has 0 bridgehead atoms. The Morgan fingerprint density at radius 1 is 1.43 bits per heavy atom. The molecule has 0 aliphatic rings. The van der Waals surface area contributed by atoms with Gasteiger partial charge in [0.05, 0.1) is 6.61 Å². The van der Waals surface area contributed by atoms with Gasteiger partial charge in [-0.25, -0.2) is 9.18 Å². The molecule has 0 radical (unpaired) electrons. The zero-order chi connectivity index (χ0) is 15.7. The van der Waals surface area contributed by atoms with Crippen LogP contribution in [-0.4, -0.2) is 48.8 Å². The number of hydrogen-bond acceptors (Lipinski definition) is 4. The van der Waals surface area contributed by atoms with Crippen LogP contribution in [-0.2, 0) is 4.74 Å². The second-order valence-electron chi connectivity index (χ2n) is 4.26. The van der Waals surface area contributed by atoms with E-state index in [1.807, 2.05) is 0 Å².